The number of sulfonamides is 1. The van der Waals surface area contributed by atoms with Crippen molar-refractivity contribution in [3.05, 3.63) is 48.8 Å². The summed E-state index contributed by atoms with van der Waals surface area (Å²) in [6, 6.07) is 10.0. The molecule has 170 valence electrons. The van der Waals surface area contributed by atoms with Crippen molar-refractivity contribution < 1.29 is 22.7 Å². The second kappa shape index (κ2) is 9.76. The minimum absolute atomic E-state index is 0.139. The molecule has 2 N–H and O–H groups in total. The van der Waals surface area contributed by atoms with Gasteiger partial charge >= 0.3 is 0 Å². The first-order valence-electron chi connectivity index (χ1n) is 10.7. The van der Waals surface area contributed by atoms with Gasteiger partial charge in [-0.05, 0) is 62.1 Å². The number of anilines is 2. The summed E-state index contributed by atoms with van der Waals surface area (Å²) in [5.74, 6) is -0.568. The Morgan fingerprint density at radius 2 is 1.62 bits per heavy atom. The Bertz CT molecular complexity index is 1050. The molecule has 1 aromatic carbocycles. The van der Waals surface area contributed by atoms with E-state index in [4.69, 9.17) is 4.74 Å². The van der Waals surface area contributed by atoms with Gasteiger partial charge in [0.15, 0.2) is 0 Å². The summed E-state index contributed by atoms with van der Waals surface area (Å²) in [4.78, 5) is 28.8. The molecule has 9 nitrogen and oxygen atoms in total. The van der Waals surface area contributed by atoms with E-state index >= 15 is 0 Å². The molecule has 1 aromatic heterocycles. The van der Waals surface area contributed by atoms with E-state index in [9.17, 15) is 18.0 Å². The number of nitrogens with zero attached hydrogens (tertiary/aromatic N) is 2. The van der Waals surface area contributed by atoms with Crippen molar-refractivity contribution in [2.45, 2.75) is 36.7 Å². The normalized spacial score (nSPS) is 20.1. The molecule has 1 unspecified atom stereocenters. The van der Waals surface area contributed by atoms with Crippen molar-refractivity contribution in [2.24, 2.45) is 5.92 Å². The zero-order chi connectivity index (χ0) is 22.6. The highest BCUT2D eigenvalue weighted by molar-refractivity contribution is 7.89. The molecule has 2 amide bonds. The van der Waals surface area contributed by atoms with Crippen molar-refractivity contribution in [3.63, 3.8) is 0 Å². The summed E-state index contributed by atoms with van der Waals surface area (Å²) >= 11 is 0. The van der Waals surface area contributed by atoms with E-state index in [1.165, 1.54) is 22.8 Å². The largest absolute Gasteiger partial charge is 0.368 e. The average Bonchev–Trinajstić information content (AvgIpc) is 3.36. The van der Waals surface area contributed by atoms with E-state index in [1.54, 1.807) is 30.3 Å². The highest BCUT2D eigenvalue weighted by Crippen LogP contribution is 2.25. The van der Waals surface area contributed by atoms with Crippen LogP contribution >= 0.6 is 0 Å². The fourth-order valence-corrected chi connectivity index (χ4v) is 5.33. The second-order valence-corrected chi connectivity index (χ2v) is 9.86. The van der Waals surface area contributed by atoms with Crippen molar-refractivity contribution in [2.75, 3.05) is 30.3 Å². The molecule has 2 aliphatic heterocycles. The molecule has 1 atom stereocenters. The van der Waals surface area contributed by atoms with Crippen molar-refractivity contribution in [3.8, 4) is 0 Å². The predicted octanol–water partition coefficient (Wildman–Crippen LogP) is 2.24. The van der Waals surface area contributed by atoms with Gasteiger partial charge < -0.3 is 15.4 Å². The smallest absolute Gasteiger partial charge is 0.253 e. The van der Waals surface area contributed by atoms with Crippen LogP contribution < -0.4 is 10.6 Å². The first kappa shape index (κ1) is 22.4. The van der Waals surface area contributed by atoms with E-state index in [1.807, 2.05) is 0 Å². The Morgan fingerprint density at radius 1 is 0.969 bits per heavy atom. The van der Waals surface area contributed by atoms with Crippen LogP contribution in [-0.4, -0.2) is 55.3 Å². The maximum Gasteiger partial charge on any atom is 0.253 e. The molecular formula is C22H26N4O5S. The molecule has 4 rings (SSSR count). The lowest BCUT2D eigenvalue weighted by Gasteiger charge is -2.30. The third-order valence-electron chi connectivity index (χ3n) is 5.74. The number of hydrogen-bond donors (Lipinski definition) is 2. The second-order valence-electron chi connectivity index (χ2n) is 7.92. The number of piperidine rings is 1. The number of amides is 2. The fraction of sp³-hybridized carbons (Fsp3) is 0.409. The molecule has 0 radical (unpaired) electrons. The van der Waals surface area contributed by atoms with Crippen molar-refractivity contribution >= 4 is 33.2 Å². The summed E-state index contributed by atoms with van der Waals surface area (Å²) in [7, 11) is -3.60. The van der Waals surface area contributed by atoms with E-state index < -0.39 is 16.1 Å². The number of nitrogens with one attached hydrogen (secondary N) is 2. The molecule has 0 saturated carbocycles. The molecule has 0 aliphatic carbocycles. The summed E-state index contributed by atoms with van der Waals surface area (Å²) in [6.07, 6.45) is 4.96. The van der Waals surface area contributed by atoms with Crippen molar-refractivity contribution in [1.29, 1.82) is 0 Å². The number of rotatable bonds is 6. The standard InChI is InChI=1S/C22H26N4O5S/c27-21(16-9-12-26(13-10-16)32(29,30)19-3-1-11-23-15-19)24-17-5-7-18(8-6-17)25-22(28)20-4-2-14-31-20/h1,3,5-8,11,15-16,20H,2,4,9-10,12-14H2,(H,24,27)(H,25,28). The van der Waals surface area contributed by atoms with Crippen LogP contribution in [0.3, 0.4) is 0 Å². The monoisotopic (exact) mass is 458 g/mol. The molecule has 2 aliphatic rings. The molecule has 32 heavy (non-hydrogen) atoms. The predicted molar refractivity (Wildman–Crippen MR) is 118 cm³/mol. The fourth-order valence-electron chi connectivity index (χ4n) is 3.90. The minimum atomic E-state index is -3.60. The Hall–Kier alpha value is -2.82. The third-order valence-corrected chi connectivity index (χ3v) is 7.62. The first-order chi connectivity index (χ1) is 15.4. The summed E-state index contributed by atoms with van der Waals surface area (Å²) in [6.45, 7) is 1.17. The highest BCUT2D eigenvalue weighted by Gasteiger charge is 2.32. The van der Waals surface area contributed by atoms with Crippen LogP contribution in [0.5, 0.6) is 0 Å². The molecule has 0 spiro atoms. The Labute approximate surface area is 187 Å². The van der Waals surface area contributed by atoms with Crippen LogP contribution in [0.4, 0.5) is 11.4 Å². The van der Waals surface area contributed by atoms with E-state index in [-0.39, 0.29) is 35.7 Å². The van der Waals surface area contributed by atoms with E-state index in [0.717, 1.165) is 12.8 Å². The SMILES string of the molecule is O=C(Nc1ccc(NC(=O)C2CCCO2)cc1)C1CCN(S(=O)(=O)c2cccnc2)CC1. The summed E-state index contributed by atoms with van der Waals surface area (Å²) < 4.78 is 32.2. The van der Waals surface area contributed by atoms with Crippen LogP contribution in [0.1, 0.15) is 25.7 Å². The topological polar surface area (TPSA) is 118 Å². The van der Waals surface area contributed by atoms with Gasteiger partial charge in [-0.1, -0.05) is 0 Å². The summed E-state index contributed by atoms with van der Waals surface area (Å²) in [5, 5.41) is 5.69. The lowest BCUT2D eigenvalue weighted by Crippen LogP contribution is -2.41. The Kier molecular flexibility index (Phi) is 6.83. The van der Waals surface area contributed by atoms with Gasteiger partial charge in [0.2, 0.25) is 15.9 Å². The van der Waals surface area contributed by atoms with Gasteiger partial charge in [-0.2, -0.15) is 4.31 Å². The number of ether oxygens (including phenoxy) is 1. The van der Waals surface area contributed by atoms with Crippen LogP contribution in [-0.2, 0) is 24.3 Å². The molecule has 0 bridgehead atoms. The van der Waals surface area contributed by atoms with Gasteiger partial charge in [0.25, 0.3) is 5.91 Å². The van der Waals surface area contributed by atoms with Crippen LogP contribution in [0.25, 0.3) is 0 Å². The highest BCUT2D eigenvalue weighted by atomic mass is 32.2. The molecular weight excluding hydrogens is 432 g/mol. The van der Waals surface area contributed by atoms with E-state index in [2.05, 4.69) is 15.6 Å². The number of carbonyl (C=O) groups excluding carboxylic acids is 2. The van der Waals surface area contributed by atoms with Gasteiger partial charge in [-0.15, -0.1) is 0 Å². The molecule has 3 heterocycles. The molecule has 10 heteroatoms. The lowest BCUT2D eigenvalue weighted by molar-refractivity contribution is -0.124. The van der Waals surface area contributed by atoms with Gasteiger partial charge in [-0.3, -0.25) is 14.6 Å². The Balaban J connectivity index is 1.28. The first-order valence-corrected chi connectivity index (χ1v) is 12.1. The molecule has 2 aromatic rings. The zero-order valence-electron chi connectivity index (χ0n) is 17.6. The van der Waals surface area contributed by atoms with Gasteiger partial charge in [-0.25, -0.2) is 8.42 Å². The number of carbonyl (C=O) groups is 2. The lowest BCUT2D eigenvalue weighted by atomic mass is 9.97. The average molecular weight is 459 g/mol. The maximum atomic E-state index is 12.7. The molecule has 2 saturated heterocycles. The Morgan fingerprint density at radius 3 is 2.19 bits per heavy atom. The van der Waals surface area contributed by atoms with E-state index in [0.29, 0.717) is 30.8 Å². The van der Waals surface area contributed by atoms with Gasteiger partial charge in [0.05, 0.1) is 0 Å². The summed E-state index contributed by atoms with van der Waals surface area (Å²) in [5.41, 5.74) is 1.26. The third kappa shape index (κ3) is 5.14. The quantitative estimate of drug-likeness (QED) is 0.686. The minimum Gasteiger partial charge on any atom is -0.368 e. The van der Waals surface area contributed by atoms with Crippen LogP contribution in [0.2, 0.25) is 0 Å². The molecule has 2 fully saturated rings. The van der Waals surface area contributed by atoms with Crippen molar-refractivity contribution in [1.82, 2.24) is 9.29 Å². The maximum absolute atomic E-state index is 12.7. The number of aromatic nitrogens is 1. The number of pyridine rings is 1. The van der Waals surface area contributed by atoms with Gasteiger partial charge in [0, 0.05) is 49.4 Å². The van der Waals surface area contributed by atoms with Gasteiger partial charge in [0.1, 0.15) is 11.0 Å². The van der Waals surface area contributed by atoms with Crippen LogP contribution in [0, 0.1) is 5.92 Å². The number of hydrogen-bond acceptors (Lipinski definition) is 6. The zero-order valence-corrected chi connectivity index (χ0v) is 18.4. The van der Waals surface area contributed by atoms with Crippen LogP contribution in [0.15, 0.2) is 53.7 Å². The number of benzene rings is 1.